The predicted molar refractivity (Wildman–Crippen MR) is 108 cm³/mol. The maximum absolute atomic E-state index is 6.03. The van der Waals surface area contributed by atoms with Gasteiger partial charge in [-0.1, -0.05) is 18.2 Å². The number of hydrogen-bond donors (Lipinski definition) is 2. The highest BCUT2D eigenvalue weighted by Gasteiger charge is 2.43. The van der Waals surface area contributed by atoms with Gasteiger partial charge in [-0.3, -0.25) is 9.89 Å². The van der Waals surface area contributed by atoms with Crippen molar-refractivity contribution in [2.75, 3.05) is 39.8 Å². The lowest BCUT2D eigenvalue weighted by molar-refractivity contribution is -0.0453. The third kappa shape index (κ3) is 4.53. The summed E-state index contributed by atoms with van der Waals surface area (Å²) in [6.45, 7) is 4.93. The maximum Gasteiger partial charge on any atom is 0.191 e. The van der Waals surface area contributed by atoms with E-state index in [1.165, 1.54) is 37.1 Å². The Bertz CT molecular complexity index is 619. The Morgan fingerprint density at radius 1 is 1.31 bits per heavy atom. The number of nitrogens with one attached hydrogen (secondary N) is 2. The van der Waals surface area contributed by atoms with Crippen molar-refractivity contribution in [2.24, 2.45) is 4.99 Å². The molecule has 2 unspecified atom stereocenters. The summed E-state index contributed by atoms with van der Waals surface area (Å²) < 4.78 is 6.35. The maximum atomic E-state index is 6.03. The molecule has 2 aliphatic heterocycles. The molecule has 4 rings (SSSR count). The van der Waals surface area contributed by atoms with Crippen molar-refractivity contribution < 1.29 is 4.74 Å². The summed E-state index contributed by atoms with van der Waals surface area (Å²) in [5.74, 6) is 0.886. The van der Waals surface area contributed by atoms with Gasteiger partial charge in [0, 0.05) is 42.4 Å². The average Bonchev–Trinajstić information content (AvgIpc) is 3.27. The van der Waals surface area contributed by atoms with Crippen LogP contribution in [0.5, 0.6) is 0 Å². The SMILES string of the molecule is CN=C(NCC1CN2CCCC2CO1)NCC1(Sc2ccccc2)CC1. The predicted octanol–water partition coefficient (Wildman–Crippen LogP) is 2.34. The van der Waals surface area contributed by atoms with Crippen molar-refractivity contribution in [3.8, 4) is 0 Å². The van der Waals surface area contributed by atoms with Gasteiger partial charge in [-0.2, -0.15) is 0 Å². The van der Waals surface area contributed by atoms with Crippen LogP contribution in [0.3, 0.4) is 0 Å². The highest BCUT2D eigenvalue weighted by atomic mass is 32.2. The summed E-state index contributed by atoms with van der Waals surface area (Å²) in [5.41, 5.74) is 0. The first kappa shape index (κ1) is 18.1. The van der Waals surface area contributed by atoms with Crippen LogP contribution in [-0.2, 0) is 4.74 Å². The molecule has 6 heteroatoms. The number of ether oxygens (including phenoxy) is 1. The topological polar surface area (TPSA) is 48.9 Å². The Balaban J connectivity index is 1.21. The number of nitrogens with zero attached hydrogens (tertiary/aromatic N) is 2. The van der Waals surface area contributed by atoms with Crippen LogP contribution in [0.25, 0.3) is 0 Å². The molecule has 1 aromatic rings. The second-order valence-corrected chi connectivity index (χ2v) is 9.19. The van der Waals surface area contributed by atoms with Crippen LogP contribution in [0, 0.1) is 0 Å². The zero-order chi connectivity index (χ0) is 17.8. The lowest BCUT2D eigenvalue weighted by atomic mass is 10.2. The van der Waals surface area contributed by atoms with Gasteiger partial charge < -0.3 is 15.4 Å². The molecule has 3 fully saturated rings. The van der Waals surface area contributed by atoms with Crippen LogP contribution >= 0.6 is 11.8 Å². The quantitative estimate of drug-likeness (QED) is 0.591. The molecule has 2 saturated heterocycles. The smallest absolute Gasteiger partial charge is 0.191 e. The lowest BCUT2D eigenvalue weighted by Gasteiger charge is -2.35. The molecule has 0 aromatic heterocycles. The largest absolute Gasteiger partial charge is 0.373 e. The minimum absolute atomic E-state index is 0.261. The standard InChI is InChI=1S/C20H30N4OS/c1-21-19(22-12-17-13-24-11-5-6-16(24)14-25-17)23-15-20(9-10-20)26-18-7-3-2-4-8-18/h2-4,7-8,16-17H,5-6,9-15H2,1H3,(H2,21,22,23). The molecule has 1 aromatic carbocycles. The monoisotopic (exact) mass is 374 g/mol. The summed E-state index contributed by atoms with van der Waals surface area (Å²) in [5, 5.41) is 6.99. The van der Waals surface area contributed by atoms with Crippen molar-refractivity contribution in [1.29, 1.82) is 0 Å². The van der Waals surface area contributed by atoms with Gasteiger partial charge in [0.15, 0.2) is 5.96 Å². The fourth-order valence-electron chi connectivity index (χ4n) is 3.88. The van der Waals surface area contributed by atoms with Gasteiger partial charge >= 0.3 is 0 Å². The van der Waals surface area contributed by atoms with Crippen LogP contribution in [-0.4, -0.2) is 67.6 Å². The third-order valence-electron chi connectivity index (χ3n) is 5.65. The van der Waals surface area contributed by atoms with E-state index in [9.17, 15) is 0 Å². The van der Waals surface area contributed by atoms with E-state index >= 15 is 0 Å². The number of rotatable bonds is 6. The molecule has 0 spiro atoms. The van der Waals surface area contributed by atoms with Crippen molar-refractivity contribution in [3.05, 3.63) is 30.3 Å². The zero-order valence-electron chi connectivity index (χ0n) is 15.6. The van der Waals surface area contributed by atoms with E-state index < -0.39 is 0 Å². The molecule has 0 bridgehead atoms. The van der Waals surface area contributed by atoms with Crippen LogP contribution in [0.4, 0.5) is 0 Å². The number of guanidine groups is 1. The average molecular weight is 375 g/mol. The third-order valence-corrected chi connectivity index (χ3v) is 7.14. The number of fused-ring (bicyclic) bond motifs is 1. The van der Waals surface area contributed by atoms with Crippen molar-refractivity contribution >= 4 is 17.7 Å². The number of morpholine rings is 1. The van der Waals surface area contributed by atoms with Gasteiger partial charge in [0.2, 0.25) is 0 Å². The molecule has 0 radical (unpaired) electrons. The first-order chi connectivity index (χ1) is 12.8. The number of aliphatic imine (C=N–C) groups is 1. The molecule has 2 N–H and O–H groups in total. The van der Waals surface area contributed by atoms with Gasteiger partial charge in [0.05, 0.1) is 12.7 Å². The summed E-state index contributed by atoms with van der Waals surface area (Å²) in [6.07, 6.45) is 5.40. The molecule has 26 heavy (non-hydrogen) atoms. The molecule has 1 saturated carbocycles. The highest BCUT2D eigenvalue weighted by molar-refractivity contribution is 8.01. The lowest BCUT2D eigenvalue weighted by Crippen LogP contribution is -2.51. The van der Waals surface area contributed by atoms with Crippen molar-refractivity contribution in [1.82, 2.24) is 15.5 Å². The molecule has 2 heterocycles. The molecule has 2 atom stereocenters. The number of benzene rings is 1. The molecular formula is C20H30N4OS. The molecule has 0 amide bonds. The van der Waals surface area contributed by atoms with Crippen LogP contribution in [0.2, 0.25) is 0 Å². The molecule has 5 nitrogen and oxygen atoms in total. The van der Waals surface area contributed by atoms with E-state index in [0.29, 0.717) is 10.8 Å². The highest BCUT2D eigenvalue weighted by Crippen LogP contribution is 2.51. The van der Waals surface area contributed by atoms with Gasteiger partial charge in [0.1, 0.15) is 0 Å². The van der Waals surface area contributed by atoms with E-state index in [0.717, 1.165) is 32.2 Å². The number of thioether (sulfide) groups is 1. The van der Waals surface area contributed by atoms with Crippen LogP contribution in [0.15, 0.2) is 40.2 Å². The zero-order valence-corrected chi connectivity index (χ0v) is 16.4. The van der Waals surface area contributed by atoms with E-state index in [1.807, 2.05) is 18.8 Å². The Kier molecular flexibility index (Phi) is 5.72. The molecular weight excluding hydrogens is 344 g/mol. The summed E-state index contributed by atoms with van der Waals surface area (Å²) in [6, 6.07) is 11.4. The van der Waals surface area contributed by atoms with Crippen molar-refractivity contribution in [3.63, 3.8) is 0 Å². The van der Waals surface area contributed by atoms with Crippen LogP contribution in [0.1, 0.15) is 25.7 Å². The molecule has 1 aliphatic carbocycles. The minimum atomic E-state index is 0.261. The number of hydrogen-bond acceptors (Lipinski definition) is 4. The Morgan fingerprint density at radius 2 is 2.15 bits per heavy atom. The van der Waals surface area contributed by atoms with E-state index in [-0.39, 0.29) is 6.10 Å². The van der Waals surface area contributed by atoms with Crippen LogP contribution < -0.4 is 10.6 Å². The first-order valence-corrected chi connectivity index (χ1v) is 10.6. The molecule has 142 valence electrons. The Hall–Kier alpha value is -1.24. The van der Waals surface area contributed by atoms with Gasteiger partial charge in [-0.25, -0.2) is 0 Å². The minimum Gasteiger partial charge on any atom is -0.373 e. The summed E-state index contributed by atoms with van der Waals surface area (Å²) in [7, 11) is 1.84. The fraction of sp³-hybridized carbons (Fsp3) is 0.650. The van der Waals surface area contributed by atoms with Gasteiger partial charge in [0.25, 0.3) is 0 Å². The van der Waals surface area contributed by atoms with Gasteiger partial charge in [-0.15, -0.1) is 11.8 Å². The van der Waals surface area contributed by atoms with E-state index in [2.05, 4.69) is 50.9 Å². The fourth-order valence-corrected chi connectivity index (χ4v) is 5.12. The molecule has 3 aliphatic rings. The Labute approximate surface area is 161 Å². The van der Waals surface area contributed by atoms with E-state index in [1.54, 1.807) is 0 Å². The second-order valence-electron chi connectivity index (χ2n) is 7.65. The Morgan fingerprint density at radius 3 is 2.92 bits per heavy atom. The summed E-state index contributed by atoms with van der Waals surface area (Å²) in [4.78, 5) is 8.33. The van der Waals surface area contributed by atoms with E-state index in [4.69, 9.17) is 4.74 Å². The van der Waals surface area contributed by atoms with Crippen molar-refractivity contribution in [2.45, 2.75) is 47.5 Å². The second kappa shape index (κ2) is 8.19. The first-order valence-electron chi connectivity index (χ1n) is 9.81. The normalized spacial score (nSPS) is 27.8. The van der Waals surface area contributed by atoms with Gasteiger partial charge in [-0.05, 0) is 44.4 Å². The summed E-state index contributed by atoms with van der Waals surface area (Å²) >= 11 is 1.99.